The summed E-state index contributed by atoms with van der Waals surface area (Å²) in [6.07, 6.45) is 11.9. The summed E-state index contributed by atoms with van der Waals surface area (Å²) >= 11 is 0. The van der Waals surface area contributed by atoms with Gasteiger partial charge in [-0.25, -0.2) is 5.48 Å². The van der Waals surface area contributed by atoms with Crippen LogP contribution >= 0.6 is 0 Å². The molecule has 0 saturated heterocycles. The van der Waals surface area contributed by atoms with E-state index in [9.17, 15) is 0 Å². The van der Waals surface area contributed by atoms with Gasteiger partial charge in [0.15, 0.2) is 6.26 Å². The average Bonchev–Trinajstić information content (AvgIpc) is 2.68. The minimum Gasteiger partial charge on any atom is -0.391 e. The normalized spacial score (nSPS) is 18.9. The molecular weight excluding hydrogens is 188 g/mol. The fraction of sp³-hybridized carbons (Fsp3) is 0.250. The quantitative estimate of drug-likeness (QED) is 0.565. The molecule has 2 rings (SSSR count). The predicted molar refractivity (Wildman–Crippen MR) is 47.5 cm³/mol. The first-order chi connectivity index (χ1) is 7.00. The maximum Gasteiger partial charge on any atom is 0.151 e. The van der Waals surface area contributed by atoms with Crippen LogP contribution in [0.25, 0.3) is 0 Å². The largest absolute Gasteiger partial charge is 0.391 e. The van der Waals surface area contributed by atoms with E-state index in [1.54, 1.807) is 0 Å². The molecule has 0 saturated carbocycles. The summed E-state index contributed by atoms with van der Waals surface area (Å²) in [6, 6.07) is 0. The lowest BCUT2D eigenvalue weighted by molar-refractivity contribution is -0.627. The second-order valence-electron chi connectivity index (χ2n) is 2.27. The molecule has 0 aromatic carbocycles. The fourth-order valence-corrected chi connectivity index (χ4v) is 0.704. The number of hydroxylamine groups is 1. The fourth-order valence-electron chi connectivity index (χ4n) is 0.704. The van der Waals surface area contributed by atoms with Crippen molar-refractivity contribution in [2.75, 3.05) is 6.54 Å². The molecule has 2 heterocycles. The molecule has 0 aromatic heterocycles. The van der Waals surface area contributed by atoms with Gasteiger partial charge >= 0.3 is 0 Å². The van der Waals surface area contributed by atoms with Gasteiger partial charge in [-0.3, -0.25) is 0 Å². The van der Waals surface area contributed by atoms with Crippen LogP contribution in [0.15, 0.2) is 36.9 Å². The Labute approximate surface area is 81.5 Å². The monoisotopic (exact) mass is 200 g/mol. The Hall–Kier alpha value is -1.50. The Morgan fingerprint density at radius 2 is 2.07 bits per heavy atom. The molecule has 0 radical (unpaired) electrons. The van der Waals surface area contributed by atoms with Crippen molar-refractivity contribution in [3.63, 3.8) is 0 Å². The number of rotatable bonds is 0. The Bertz CT molecular complexity index is 195. The van der Waals surface area contributed by atoms with Gasteiger partial charge in [-0.1, -0.05) is 17.1 Å². The van der Waals surface area contributed by atoms with Crippen LogP contribution in [0.4, 0.5) is 0 Å². The Morgan fingerprint density at radius 3 is 3.07 bits per heavy atom. The summed E-state index contributed by atoms with van der Waals surface area (Å²) in [4.78, 5) is 8.11. The van der Waals surface area contributed by atoms with E-state index in [1.165, 1.54) is 12.5 Å². The third kappa shape index (κ3) is 6.06. The zero-order valence-electron chi connectivity index (χ0n) is 7.51. The summed E-state index contributed by atoms with van der Waals surface area (Å²) in [5.74, 6) is 0. The first kappa shape index (κ1) is 10.6. The molecule has 0 atom stereocenters. The van der Waals surface area contributed by atoms with Gasteiger partial charge in [-0.05, 0) is 23.7 Å². The summed E-state index contributed by atoms with van der Waals surface area (Å²) in [5, 5.41) is 10.7. The van der Waals surface area contributed by atoms with E-state index < -0.39 is 0 Å². The summed E-state index contributed by atoms with van der Waals surface area (Å²) in [6.45, 7) is 1.08. The molecule has 0 unspecified atom stereocenters. The Morgan fingerprint density at radius 1 is 1.07 bits per heavy atom. The van der Waals surface area contributed by atoms with Crippen LogP contribution in [0.2, 0.25) is 0 Å². The molecular formula is C8H12N2O4. The first-order valence-corrected chi connectivity index (χ1v) is 4.11. The standard InChI is InChI=1S/C6H9N.C2H3NO4/c2*1-2-4-6-7-5-3-1/h1-3,5,7H,4,6H2;1-3H. The third-order valence-electron chi connectivity index (χ3n) is 1.26. The predicted octanol–water partition coefficient (Wildman–Crippen LogP) is 0.837. The van der Waals surface area contributed by atoms with Crippen molar-refractivity contribution in [1.29, 1.82) is 0 Å². The van der Waals surface area contributed by atoms with Crippen LogP contribution in [0.1, 0.15) is 6.42 Å². The van der Waals surface area contributed by atoms with E-state index in [-0.39, 0.29) is 0 Å². The topological polar surface area (TPSA) is 61.0 Å². The maximum atomic E-state index is 4.10. The number of nitrogens with one attached hydrogen (secondary N) is 2. The molecule has 2 aliphatic rings. The SMILES string of the molecule is C1=CCCNC=C1.C1=COOOON1. The highest BCUT2D eigenvalue weighted by Crippen LogP contribution is 1.86. The molecule has 0 aromatic rings. The van der Waals surface area contributed by atoms with E-state index in [0.717, 1.165) is 13.0 Å². The number of hydrogen-bond donors (Lipinski definition) is 2. The lowest BCUT2D eigenvalue weighted by Gasteiger charge is -1.89. The van der Waals surface area contributed by atoms with Crippen LogP contribution in [0.3, 0.4) is 0 Å². The number of allylic oxidation sites excluding steroid dienone is 2. The lowest BCUT2D eigenvalue weighted by Crippen LogP contribution is -2.03. The lowest BCUT2D eigenvalue weighted by atomic mass is 10.4. The molecule has 14 heavy (non-hydrogen) atoms. The van der Waals surface area contributed by atoms with E-state index in [1.807, 2.05) is 12.3 Å². The van der Waals surface area contributed by atoms with Gasteiger partial charge in [0.05, 0.1) is 6.20 Å². The molecule has 0 bridgehead atoms. The van der Waals surface area contributed by atoms with Crippen LogP contribution in [-0.4, -0.2) is 6.54 Å². The minimum atomic E-state index is 1.08. The minimum absolute atomic E-state index is 1.08. The average molecular weight is 200 g/mol. The van der Waals surface area contributed by atoms with Crippen molar-refractivity contribution < 1.29 is 20.0 Å². The molecule has 0 spiro atoms. The van der Waals surface area contributed by atoms with Crippen molar-refractivity contribution in [2.24, 2.45) is 0 Å². The zero-order valence-corrected chi connectivity index (χ0v) is 7.51. The first-order valence-electron chi connectivity index (χ1n) is 4.11. The van der Waals surface area contributed by atoms with Crippen LogP contribution in [0.5, 0.6) is 0 Å². The molecule has 6 nitrogen and oxygen atoms in total. The van der Waals surface area contributed by atoms with Crippen molar-refractivity contribution in [3.8, 4) is 0 Å². The van der Waals surface area contributed by atoms with E-state index in [0.29, 0.717) is 0 Å². The molecule has 6 heteroatoms. The van der Waals surface area contributed by atoms with Crippen molar-refractivity contribution in [2.45, 2.75) is 6.42 Å². The van der Waals surface area contributed by atoms with E-state index in [2.05, 4.69) is 42.9 Å². The Kier molecular flexibility index (Phi) is 6.13. The molecule has 0 fully saturated rings. The van der Waals surface area contributed by atoms with E-state index >= 15 is 0 Å². The van der Waals surface area contributed by atoms with Crippen molar-refractivity contribution in [1.82, 2.24) is 10.8 Å². The summed E-state index contributed by atoms with van der Waals surface area (Å²) in [5.41, 5.74) is 2.19. The zero-order chi connectivity index (χ0) is 9.90. The van der Waals surface area contributed by atoms with E-state index in [4.69, 9.17) is 0 Å². The summed E-state index contributed by atoms with van der Waals surface area (Å²) in [7, 11) is 0. The van der Waals surface area contributed by atoms with Gasteiger partial charge in [0.2, 0.25) is 0 Å². The smallest absolute Gasteiger partial charge is 0.151 e. The molecule has 2 aliphatic heterocycles. The molecule has 2 N–H and O–H groups in total. The van der Waals surface area contributed by atoms with Gasteiger partial charge < -0.3 is 10.2 Å². The highest BCUT2D eigenvalue weighted by atomic mass is 17.7. The van der Waals surface area contributed by atoms with Crippen LogP contribution < -0.4 is 10.8 Å². The van der Waals surface area contributed by atoms with Gasteiger partial charge in [0, 0.05) is 11.6 Å². The van der Waals surface area contributed by atoms with Gasteiger partial charge in [0.1, 0.15) is 0 Å². The van der Waals surface area contributed by atoms with Crippen molar-refractivity contribution >= 4 is 0 Å². The van der Waals surface area contributed by atoms with Crippen LogP contribution in [-0.2, 0) is 20.0 Å². The Balaban J connectivity index is 0.000000140. The highest BCUT2D eigenvalue weighted by molar-refractivity contribution is 5.04. The van der Waals surface area contributed by atoms with Gasteiger partial charge in [-0.15, -0.1) is 0 Å². The second kappa shape index (κ2) is 8.11. The van der Waals surface area contributed by atoms with Gasteiger partial charge in [0.25, 0.3) is 0 Å². The second-order valence-corrected chi connectivity index (χ2v) is 2.27. The highest BCUT2D eigenvalue weighted by Gasteiger charge is 1.88. The van der Waals surface area contributed by atoms with Crippen LogP contribution in [0, 0.1) is 0 Å². The summed E-state index contributed by atoms with van der Waals surface area (Å²) < 4.78 is 0. The van der Waals surface area contributed by atoms with Crippen molar-refractivity contribution in [3.05, 3.63) is 36.9 Å². The molecule has 0 aliphatic carbocycles. The number of hydrogen-bond acceptors (Lipinski definition) is 6. The van der Waals surface area contributed by atoms with Gasteiger partial charge in [-0.2, -0.15) is 0 Å². The molecule has 78 valence electrons. The maximum absolute atomic E-state index is 4.10. The third-order valence-corrected chi connectivity index (χ3v) is 1.26. The molecule has 0 amide bonds.